The number of ether oxygens (including phenoxy) is 2. The maximum Gasteiger partial charge on any atom is 0.189 e. The van der Waals surface area contributed by atoms with Gasteiger partial charge in [-0.1, -0.05) is 8.42 Å². The van der Waals surface area contributed by atoms with Gasteiger partial charge in [-0.3, -0.25) is 0 Å². The highest BCUT2D eigenvalue weighted by atomic mass is 79.9. The average Bonchev–Trinajstić information content (AvgIpc) is 2.73. The number of sulfonamides is 2. The molecule has 2 heterocycles. The maximum atomic E-state index is 13.3. The summed E-state index contributed by atoms with van der Waals surface area (Å²) in [4.78, 5) is -0.00335. The first-order valence-corrected chi connectivity index (χ1v) is 12.7. The first-order valence-electron chi connectivity index (χ1n) is 9.04. The van der Waals surface area contributed by atoms with Crippen LogP contribution in [0.1, 0.15) is 0 Å². The van der Waals surface area contributed by atoms with E-state index in [9.17, 15) is 21.9 Å². The number of halogens is 2. The van der Waals surface area contributed by atoms with Crippen molar-refractivity contribution in [3.8, 4) is 11.5 Å². The molecule has 162 valence electrons. The van der Waals surface area contributed by atoms with E-state index in [1.54, 1.807) is 6.07 Å². The summed E-state index contributed by atoms with van der Waals surface area (Å²) in [5, 5.41) is 0. The van der Waals surface area contributed by atoms with Gasteiger partial charge in [0, 0.05) is 6.07 Å². The van der Waals surface area contributed by atoms with Crippen molar-refractivity contribution in [1.82, 2.24) is 8.61 Å². The van der Waals surface area contributed by atoms with E-state index in [2.05, 4.69) is 15.9 Å². The van der Waals surface area contributed by atoms with Gasteiger partial charge < -0.3 is 18.6 Å². The van der Waals surface area contributed by atoms with Crippen LogP contribution in [-0.2, 0) is 29.2 Å². The van der Waals surface area contributed by atoms with Gasteiger partial charge in [-0.2, -0.15) is 0 Å². The van der Waals surface area contributed by atoms with Crippen LogP contribution in [0.3, 0.4) is 0 Å². The van der Waals surface area contributed by atoms with Gasteiger partial charge in [-0.05, 0) is 46.3 Å². The molecule has 0 saturated carbocycles. The van der Waals surface area contributed by atoms with Crippen molar-refractivity contribution in [3.63, 3.8) is 0 Å². The highest BCUT2D eigenvalue weighted by molar-refractivity contribution is 9.10. The number of piperazine rings is 1. The predicted molar refractivity (Wildman–Crippen MR) is 109 cm³/mol. The monoisotopic (exact) mass is 520 g/mol. The molecule has 1 saturated heterocycles. The van der Waals surface area contributed by atoms with Gasteiger partial charge in [0.05, 0.1) is 30.7 Å². The van der Waals surface area contributed by atoms with Crippen LogP contribution in [-0.4, -0.2) is 57.1 Å². The smallest absolute Gasteiger partial charge is 0.189 e. The number of benzene rings is 2. The summed E-state index contributed by atoms with van der Waals surface area (Å²) in [5.41, 5.74) is 0. The molecule has 2 aromatic rings. The van der Waals surface area contributed by atoms with E-state index in [0.29, 0.717) is 24.7 Å². The Morgan fingerprint density at radius 2 is 1.47 bits per heavy atom. The minimum atomic E-state index is -3.89. The number of nitrogens with zero attached hydrogens (tertiary/aromatic N) is 2. The Hall–Kier alpha value is -1.41. The number of hydrogen-bond donors (Lipinski definition) is 0. The first-order chi connectivity index (χ1) is 14.2. The van der Waals surface area contributed by atoms with Crippen molar-refractivity contribution < 1.29 is 31.4 Å². The molecule has 0 aliphatic carbocycles. The molecule has 0 amide bonds. The normalized spacial score (nSPS) is 21.6. The lowest BCUT2D eigenvalue weighted by Crippen LogP contribution is -2.53. The first kappa shape index (κ1) is 21.8. The summed E-state index contributed by atoms with van der Waals surface area (Å²) in [6, 6.07) is 7.75. The third kappa shape index (κ3) is 4.05. The molecule has 0 bridgehead atoms. The maximum absolute atomic E-state index is 13.3. The van der Waals surface area contributed by atoms with E-state index in [0.717, 1.165) is 12.1 Å². The third-order valence-corrected chi connectivity index (χ3v) is 9.63. The summed E-state index contributed by atoms with van der Waals surface area (Å²) in [5.74, 6) is 0.293. The van der Waals surface area contributed by atoms with Crippen LogP contribution < -0.4 is 9.47 Å². The Kier molecular flexibility index (Phi) is 6.01. The van der Waals surface area contributed by atoms with Crippen molar-refractivity contribution in [2.75, 3.05) is 39.4 Å². The number of hydrogen-bond acceptors (Lipinski definition) is 6. The highest BCUT2D eigenvalue weighted by Crippen LogP contribution is 2.36. The summed E-state index contributed by atoms with van der Waals surface area (Å²) in [7, 11) is -7.72. The topological polar surface area (TPSA) is 105 Å². The van der Waals surface area contributed by atoms with Gasteiger partial charge >= 0.3 is 0 Å². The van der Waals surface area contributed by atoms with Gasteiger partial charge in [0.25, 0.3) is 0 Å². The molecule has 0 spiro atoms. The van der Waals surface area contributed by atoms with Crippen LogP contribution >= 0.6 is 15.9 Å². The van der Waals surface area contributed by atoms with E-state index in [4.69, 9.17) is 9.47 Å². The Balaban J connectivity index is 1.50. The van der Waals surface area contributed by atoms with E-state index in [-0.39, 0.29) is 40.4 Å². The van der Waals surface area contributed by atoms with Gasteiger partial charge in [-0.25, -0.2) is 4.39 Å². The standard InChI is InChI=1S/C18H18BrFN2O6S2/c19-15-11-13(20)1-4-18(15)30(25,26)22-7-5-21(6-8-22)29(23,24)14-2-3-16-17(12-14)28-10-9-27-16/h1-4,11-12H,5-10H2. The molecule has 4 rings (SSSR count). The lowest BCUT2D eigenvalue weighted by atomic mass is 10.3. The molecule has 2 unspecified atom stereocenters. The average molecular weight is 521 g/mol. The molecule has 2 atom stereocenters. The van der Waals surface area contributed by atoms with Crippen molar-refractivity contribution in [1.29, 1.82) is 0 Å². The minimum Gasteiger partial charge on any atom is -0.593 e. The van der Waals surface area contributed by atoms with Crippen molar-refractivity contribution >= 4 is 36.7 Å². The van der Waals surface area contributed by atoms with E-state index in [1.165, 1.54) is 26.8 Å². The lowest BCUT2D eigenvalue weighted by molar-refractivity contribution is 0.171. The SMILES string of the molecule is O=[S+]([O-])(c1ccc2c(c1)OCCO2)N1CCN([S+](=O)([O-])c2ccc(F)cc2Br)CC1. The molecule has 2 aliphatic rings. The molecule has 0 N–H and O–H groups in total. The molecule has 0 aromatic heterocycles. The molecule has 8 nitrogen and oxygen atoms in total. The zero-order valence-corrected chi connectivity index (χ0v) is 18.8. The lowest BCUT2D eigenvalue weighted by Gasteiger charge is -2.36. The Labute approximate surface area is 183 Å². The van der Waals surface area contributed by atoms with Gasteiger partial charge in [0.1, 0.15) is 19.0 Å². The Bertz CT molecular complexity index is 1060. The van der Waals surface area contributed by atoms with Gasteiger partial charge in [0.2, 0.25) is 0 Å². The molecular weight excluding hydrogens is 503 g/mol. The van der Waals surface area contributed by atoms with Crippen LogP contribution in [0.25, 0.3) is 0 Å². The zero-order chi connectivity index (χ0) is 21.5. The molecule has 2 aliphatic heterocycles. The molecular formula is C18H18BrFN2O6S2. The van der Waals surface area contributed by atoms with Crippen LogP contribution in [0.4, 0.5) is 4.39 Å². The molecule has 30 heavy (non-hydrogen) atoms. The number of rotatable bonds is 4. The quantitative estimate of drug-likeness (QED) is 0.573. The van der Waals surface area contributed by atoms with Crippen molar-refractivity contribution in [3.05, 3.63) is 46.7 Å². The molecule has 1 fully saturated rings. The summed E-state index contributed by atoms with van der Waals surface area (Å²) >= 11 is 3.08. The van der Waals surface area contributed by atoms with Crippen molar-refractivity contribution in [2.24, 2.45) is 0 Å². The fraction of sp³-hybridized carbons (Fsp3) is 0.333. The van der Waals surface area contributed by atoms with Crippen LogP contribution in [0, 0.1) is 5.82 Å². The summed E-state index contributed by atoms with van der Waals surface area (Å²) in [6.07, 6.45) is 0. The summed E-state index contributed by atoms with van der Waals surface area (Å²) < 4.78 is 78.5. The second kappa shape index (κ2) is 8.26. The fourth-order valence-corrected chi connectivity index (χ4v) is 7.18. The third-order valence-electron chi connectivity index (χ3n) is 4.86. The van der Waals surface area contributed by atoms with Crippen LogP contribution in [0.15, 0.2) is 50.7 Å². The van der Waals surface area contributed by atoms with Gasteiger partial charge in [-0.15, -0.1) is 8.61 Å². The van der Waals surface area contributed by atoms with E-state index in [1.807, 2.05) is 0 Å². The summed E-state index contributed by atoms with van der Waals surface area (Å²) in [6.45, 7) is 0.696. The Morgan fingerprint density at radius 1 is 0.867 bits per heavy atom. The molecule has 2 aromatic carbocycles. The fourth-order valence-electron chi connectivity index (χ4n) is 3.31. The second-order valence-electron chi connectivity index (χ2n) is 6.69. The van der Waals surface area contributed by atoms with E-state index >= 15 is 0 Å². The molecule has 12 heteroatoms. The van der Waals surface area contributed by atoms with Crippen LogP contribution in [0.5, 0.6) is 11.5 Å². The van der Waals surface area contributed by atoms with Crippen molar-refractivity contribution in [2.45, 2.75) is 9.79 Å². The second-order valence-corrected chi connectivity index (χ2v) is 11.4. The van der Waals surface area contributed by atoms with E-state index < -0.39 is 26.6 Å². The number of fused-ring (bicyclic) bond motifs is 1. The molecule has 0 radical (unpaired) electrons. The minimum absolute atomic E-state index is 0.00514. The van der Waals surface area contributed by atoms with Crippen LogP contribution in [0.2, 0.25) is 0 Å². The highest BCUT2D eigenvalue weighted by Gasteiger charge is 2.40. The zero-order valence-electron chi connectivity index (χ0n) is 15.6. The largest absolute Gasteiger partial charge is 0.593 e. The van der Waals surface area contributed by atoms with Gasteiger partial charge in [0.15, 0.2) is 42.1 Å². The predicted octanol–water partition coefficient (Wildman–Crippen LogP) is 2.48. The Morgan fingerprint density at radius 3 is 2.10 bits per heavy atom.